The first-order valence-corrected chi connectivity index (χ1v) is 9.47. The molecule has 3 rings (SSSR count). The summed E-state index contributed by atoms with van der Waals surface area (Å²) in [5.74, 6) is 0.547. The Kier molecular flexibility index (Phi) is 5.43. The lowest BCUT2D eigenvalue weighted by Gasteiger charge is -2.55. The van der Waals surface area contributed by atoms with Crippen molar-refractivity contribution >= 4 is 11.9 Å². The van der Waals surface area contributed by atoms with E-state index in [0.717, 1.165) is 5.56 Å². The van der Waals surface area contributed by atoms with Crippen molar-refractivity contribution < 1.29 is 23.8 Å². The third kappa shape index (κ3) is 3.53. The first-order chi connectivity index (χ1) is 12.8. The predicted molar refractivity (Wildman–Crippen MR) is 101 cm³/mol. The Bertz CT molecular complexity index is 768. The standard InChI is InChI=1S/C22H28O5/c1-13-10-14(2)22(11-25-16(4)23)12-26-21(20(13)15(22)3)18-8-6-7-9-19(18)27-17(5)24/h6-10,14-15,20-21H,11-12H2,1-5H3/t14-,15+,20-,21+,22-/m0/s1. The Balaban J connectivity index is 1.98. The zero-order valence-corrected chi connectivity index (χ0v) is 16.7. The Morgan fingerprint density at radius 1 is 1.19 bits per heavy atom. The Morgan fingerprint density at radius 3 is 2.56 bits per heavy atom. The van der Waals surface area contributed by atoms with Gasteiger partial charge in [-0.2, -0.15) is 0 Å². The molecule has 5 heteroatoms. The third-order valence-electron chi connectivity index (χ3n) is 6.27. The fraction of sp³-hybridized carbons (Fsp3) is 0.545. The Labute approximate surface area is 160 Å². The van der Waals surface area contributed by atoms with Crippen molar-refractivity contribution in [1.82, 2.24) is 0 Å². The van der Waals surface area contributed by atoms with Gasteiger partial charge in [0.1, 0.15) is 5.75 Å². The quantitative estimate of drug-likeness (QED) is 0.453. The second-order valence-electron chi connectivity index (χ2n) is 7.89. The van der Waals surface area contributed by atoms with Crippen LogP contribution in [0, 0.1) is 23.2 Å². The molecule has 2 bridgehead atoms. The van der Waals surface area contributed by atoms with Crippen molar-refractivity contribution in [1.29, 1.82) is 0 Å². The molecule has 0 saturated carbocycles. The first-order valence-electron chi connectivity index (χ1n) is 9.47. The summed E-state index contributed by atoms with van der Waals surface area (Å²) in [5, 5.41) is 0. The van der Waals surface area contributed by atoms with Crippen LogP contribution in [0.15, 0.2) is 35.9 Å². The van der Waals surface area contributed by atoms with Crippen molar-refractivity contribution in [3.8, 4) is 5.75 Å². The van der Waals surface area contributed by atoms with Crippen LogP contribution in [-0.4, -0.2) is 25.2 Å². The maximum atomic E-state index is 11.5. The van der Waals surface area contributed by atoms with E-state index in [1.807, 2.05) is 18.2 Å². The minimum atomic E-state index is -0.347. The van der Waals surface area contributed by atoms with Crippen LogP contribution in [0.2, 0.25) is 0 Å². The van der Waals surface area contributed by atoms with Crippen LogP contribution >= 0.6 is 0 Å². The van der Waals surface area contributed by atoms with Crippen LogP contribution in [0.1, 0.15) is 46.3 Å². The Morgan fingerprint density at radius 2 is 1.89 bits per heavy atom. The van der Waals surface area contributed by atoms with Crippen molar-refractivity contribution in [2.24, 2.45) is 23.2 Å². The second kappa shape index (κ2) is 7.47. The average molecular weight is 372 g/mol. The highest BCUT2D eigenvalue weighted by molar-refractivity contribution is 5.70. The van der Waals surface area contributed by atoms with Gasteiger partial charge in [0, 0.05) is 30.7 Å². The third-order valence-corrected chi connectivity index (χ3v) is 6.27. The van der Waals surface area contributed by atoms with Crippen molar-refractivity contribution in [3.63, 3.8) is 0 Å². The molecule has 0 radical (unpaired) electrons. The Hall–Kier alpha value is -2.14. The molecule has 27 heavy (non-hydrogen) atoms. The number of esters is 2. The molecule has 1 aliphatic carbocycles. The van der Waals surface area contributed by atoms with Gasteiger partial charge in [-0.15, -0.1) is 0 Å². The summed E-state index contributed by atoms with van der Waals surface area (Å²) in [5.41, 5.74) is 1.90. The highest BCUT2D eigenvalue weighted by Crippen LogP contribution is 2.57. The van der Waals surface area contributed by atoms with Gasteiger partial charge in [0.2, 0.25) is 0 Å². The van der Waals surface area contributed by atoms with Gasteiger partial charge < -0.3 is 14.2 Å². The molecule has 0 aromatic heterocycles. The SMILES string of the molecule is CC(=O)OC[C@]12CO[C@H](c3ccccc3OC(C)=O)[C@@H](C(C)=C[C@@H]1C)[C@H]2C. The average Bonchev–Trinajstić information content (AvgIpc) is 2.59. The number of benzene rings is 1. The van der Waals surface area contributed by atoms with Gasteiger partial charge in [-0.3, -0.25) is 9.59 Å². The van der Waals surface area contributed by atoms with Crippen LogP contribution in [0.5, 0.6) is 5.75 Å². The number of hydrogen-bond donors (Lipinski definition) is 0. The van der Waals surface area contributed by atoms with Crippen molar-refractivity contribution in [2.45, 2.75) is 40.7 Å². The number of fused-ring (bicyclic) bond motifs is 2. The van der Waals surface area contributed by atoms with Crippen LogP contribution < -0.4 is 4.74 Å². The van der Waals surface area contributed by atoms with Gasteiger partial charge in [-0.05, 0) is 24.8 Å². The first kappa shape index (κ1) is 19.6. The van der Waals surface area contributed by atoms with Crippen molar-refractivity contribution in [2.75, 3.05) is 13.2 Å². The maximum Gasteiger partial charge on any atom is 0.308 e. The lowest BCUT2D eigenvalue weighted by molar-refractivity contribution is -0.180. The molecule has 1 aromatic rings. The van der Waals surface area contributed by atoms with Gasteiger partial charge in [0.25, 0.3) is 0 Å². The summed E-state index contributed by atoms with van der Waals surface area (Å²) in [6, 6.07) is 7.54. The summed E-state index contributed by atoms with van der Waals surface area (Å²) < 4.78 is 17.2. The molecule has 1 aromatic carbocycles. The monoisotopic (exact) mass is 372 g/mol. The number of allylic oxidation sites excluding steroid dienone is 1. The van der Waals surface area contributed by atoms with E-state index < -0.39 is 0 Å². The van der Waals surface area contributed by atoms with E-state index in [4.69, 9.17) is 14.2 Å². The zero-order chi connectivity index (χ0) is 19.8. The number of rotatable bonds is 4. The molecule has 5 atom stereocenters. The van der Waals surface area contributed by atoms with Gasteiger partial charge in [-0.1, -0.05) is 43.7 Å². The highest BCUT2D eigenvalue weighted by Gasteiger charge is 2.54. The second-order valence-corrected chi connectivity index (χ2v) is 7.89. The number of para-hydroxylation sites is 1. The fourth-order valence-electron chi connectivity index (χ4n) is 4.74. The molecule has 1 fully saturated rings. The smallest absolute Gasteiger partial charge is 0.308 e. The fourth-order valence-corrected chi connectivity index (χ4v) is 4.74. The topological polar surface area (TPSA) is 61.8 Å². The maximum absolute atomic E-state index is 11.5. The lowest BCUT2D eigenvalue weighted by atomic mass is 9.56. The molecule has 5 nitrogen and oxygen atoms in total. The summed E-state index contributed by atoms with van der Waals surface area (Å²) in [7, 11) is 0. The number of carbonyl (C=O) groups is 2. The zero-order valence-electron chi connectivity index (χ0n) is 16.7. The number of hydrogen-bond acceptors (Lipinski definition) is 5. The summed E-state index contributed by atoms with van der Waals surface area (Å²) in [6.45, 7) is 10.2. The van der Waals surface area contributed by atoms with E-state index in [2.05, 4.69) is 26.8 Å². The molecule has 1 aliphatic heterocycles. The minimum Gasteiger partial charge on any atom is -0.465 e. The molecule has 1 heterocycles. The molecule has 1 saturated heterocycles. The van der Waals surface area contributed by atoms with Crippen LogP contribution in [0.25, 0.3) is 0 Å². The van der Waals surface area contributed by atoms with Crippen LogP contribution in [0.4, 0.5) is 0 Å². The van der Waals surface area contributed by atoms with Gasteiger partial charge in [-0.25, -0.2) is 0 Å². The summed E-state index contributed by atoms with van der Waals surface area (Å²) in [4.78, 5) is 22.9. The van der Waals surface area contributed by atoms with E-state index in [1.165, 1.54) is 19.4 Å². The molecule has 0 amide bonds. The highest BCUT2D eigenvalue weighted by atomic mass is 16.5. The minimum absolute atomic E-state index is 0.127. The van der Waals surface area contributed by atoms with E-state index in [0.29, 0.717) is 19.0 Å². The molecule has 0 N–H and O–H groups in total. The molecule has 0 unspecified atom stereocenters. The van der Waals surface area contributed by atoms with E-state index in [-0.39, 0.29) is 41.2 Å². The van der Waals surface area contributed by atoms with E-state index in [1.54, 1.807) is 6.07 Å². The summed E-state index contributed by atoms with van der Waals surface area (Å²) >= 11 is 0. The van der Waals surface area contributed by atoms with E-state index in [9.17, 15) is 9.59 Å². The van der Waals surface area contributed by atoms with Crippen LogP contribution in [0.3, 0.4) is 0 Å². The van der Waals surface area contributed by atoms with Crippen LogP contribution in [-0.2, 0) is 19.1 Å². The molecule has 2 aliphatic rings. The van der Waals surface area contributed by atoms with Gasteiger partial charge >= 0.3 is 11.9 Å². The largest absolute Gasteiger partial charge is 0.465 e. The molecular weight excluding hydrogens is 344 g/mol. The van der Waals surface area contributed by atoms with Gasteiger partial charge in [0.05, 0.1) is 19.3 Å². The summed E-state index contributed by atoms with van der Waals surface area (Å²) in [6.07, 6.45) is 2.07. The van der Waals surface area contributed by atoms with E-state index >= 15 is 0 Å². The number of ether oxygens (including phenoxy) is 3. The molecule has 0 spiro atoms. The molecular formula is C22H28O5. The lowest BCUT2D eigenvalue weighted by Crippen LogP contribution is -2.54. The van der Waals surface area contributed by atoms with Crippen molar-refractivity contribution in [3.05, 3.63) is 41.5 Å². The normalized spacial score (nSPS) is 32.4. The van der Waals surface area contributed by atoms with Gasteiger partial charge in [0.15, 0.2) is 0 Å². The predicted octanol–water partition coefficient (Wildman–Crippen LogP) is 4.08. The molecule has 146 valence electrons. The number of carbonyl (C=O) groups excluding carboxylic acids is 2.